The molecule has 0 spiro atoms. The first-order chi connectivity index (χ1) is 10.1. The second kappa shape index (κ2) is 5.44. The van der Waals surface area contributed by atoms with Gasteiger partial charge >= 0.3 is 0 Å². The van der Waals surface area contributed by atoms with Gasteiger partial charge in [-0.2, -0.15) is 0 Å². The molecule has 1 aliphatic rings. The first-order valence-corrected chi connectivity index (χ1v) is 6.98. The van der Waals surface area contributed by atoms with Crippen LogP contribution in [0.5, 0.6) is 0 Å². The van der Waals surface area contributed by atoms with Crippen LogP contribution >= 0.6 is 0 Å². The van der Waals surface area contributed by atoms with Crippen molar-refractivity contribution in [2.45, 2.75) is 0 Å². The molecule has 1 aliphatic heterocycles. The number of pyridine rings is 1. The quantitative estimate of drug-likeness (QED) is 0.917. The third kappa shape index (κ3) is 2.51. The number of rotatable bonds is 2. The third-order valence-electron chi connectivity index (χ3n) is 3.74. The number of hydrogen-bond donors (Lipinski definition) is 1. The van der Waals surface area contributed by atoms with Crippen molar-refractivity contribution in [2.75, 3.05) is 50.1 Å². The Kier molecular flexibility index (Phi) is 3.63. The summed E-state index contributed by atoms with van der Waals surface area (Å²) in [5.41, 5.74) is 0.788. The van der Waals surface area contributed by atoms with Gasteiger partial charge in [0, 0.05) is 51.7 Å². The van der Waals surface area contributed by atoms with E-state index < -0.39 is 11.6 Å². The minimum Gasteiger partial charge on any atom is -0.367 e. The lowest BCUT2D eigenvalue weighted by Gasteiger charge is -2.30. The van der Waals surface area contributed by atoms with Gasteiger partial charge in [0.2, 0.25) is 0 Å². The molecule has 0 aliphatic carbocycles. The van der Waals surface area contributed by atoms with Gasteiger partial charge in [0.05, 0.1) is 17.3 Å². The van der Waals surface area contributed by atoms with Crippen LogP contribution in [-0.4, -0.2) is 45.3 Å². The molecule has 2 aromatic rings. The summed E-state index contributed by atoms with van der Waals surface area (Å²) >= 11 is 0. The van der Waals surface area contributed by atoms with Crippen molar-refractivity contribution in [2.24, 2.45) is 0 Å². The van der Waals surface area contributed by atoms with Gasteiger partial charge in [-0.1, -0.05) is 0 Å². The average Bonchev–Trinajstić information content (AvgIpc) is 2.46. The Morgan fingerprint density at radius 3 is 2.57 bits per heavy atom. The minimum atomic E-state index is -0.571. The Hall–Kier alpha value is -1.95. The highest BCUT2D eigenvalue weighted by atomic mass is 19.1. The van der Waals surface area contributed by atoms with Crippen LogP contribution in [0.15, 0.2) is 18.3 Å². The smallest absolute Gasteiger partial charge is 0.139 e. The first kappa shape index (κ1) is 14.0. The van der Waals surface area contributed by atoms with E-state index in [1.165, 1.54) is 6.07 Å². The lowest BCUT2D eigenvalue weighted by Crippen LogP contribution is -2.43. The molecule has 1 aromatic carbocycles. The van der Waals surface area contributed by atoms with Crippen LogP contribution in [0, 0.1) is 11.6 Å². The molecule has 0 unspecified atom stereocenters. The summed E-state index contributed by atoms with van der Waals surface area (Å²) in [6, 6.07) is 2.31. The van der Waals surface area contributed by atoms with E-state index in [1.807, 2.05) is 0 Å². The molecule has 0 atom stereocenters. The summed E-state index contributed by atoms with van der Waals surface area (Å²) in [6.07, 6.45) is 1.71. The number of anilines is 2. The van der Waals surface area contributed by atoms with E-state index in [1.54, 1.807) is 25.2 Å². The standard InChI is InChI=1S/C15H18F2N4/c1-20(2)15-14-11(7-10(16)8-12(14)17)13(9-19-15)21-5-3-18-4-6-21/h7-9,18H,3-6H2,1-2H3. The second-order valence-electron chi connectivity index (χ2n) is 5.41. The largest absolute Gasteiger partial charge is 0.367 e. The predicted octanol–water partition coefficient (Wildman–Crippen LogP) is 1.99. The van der Waals surface area contributed by atoms with Crippen molar-refractivity contribution in [3.8, 4) is 0 Å². The van der Waals surface area contributed by atoms with E-state index in [4.69, 9.17) is 0 Å². The van der Waals surface area contributed by atoms with Crippen molar-refractivity contribution in [3.63, 3.8) is 0 Å². The summed E-state index contributed by atoms with van der Waals surface area (Å²) in [4.78, 5) is 8.23. The number of nitrogens with one attached hydrogen (secondary N) is 1. The van der Waals surface area contributed by atoms with Crippen LogP contribution in [0.25, 0.3) is 10.8 Å². The van der Waals surface area contributed by atoms with E-state index in [0.717, 1.165) is 37.9 Å². The molecule has 6 heteroatoms. The van der Waals surface area contributed by atoms with E-state index in [2.05, 4.69) is 15.2 Å². The highest BCUT2D eigenvalue weighted by molar-refractivity contribution is 6.01. The molecule has 1 aromatic heterocycles. The van der Waals surface area contributed by atoms with Crippen molar-refractivity contribution in [1.29, 1.82) is 0 Å². The maximum absolute atomic E-state index is 14.3. The number of halogens is 2. The molecular formula is C15H18F2N4. The van der Waals surface area contributed by atoms with Crippen LogP contribution in [-0.2, 0) is 0 Å². The molecule has 0 radical (unpaired) electrons. The normalized spacial score (nSPS) is 15.5. The number of piperazine rings is 1. The summed E-state index contributed by atoms with van der Waals surface area (Å²) in [5, 5.41) is 4.22. The highest BCUT2D eigenvalue weighted by Crippen LogP contribution is 2.34. The van der Waals surface area contributed by atoms with Gasteiger partial charge in [-0.15, -0.1) is 0 Å². The molecule has 2 heterocycles. The molecule has 1 N–H and O–H groups in total. The van der Waals surface area contributed by atoms with Crippen molar-refractivity contribution in [1.82, 2.24) is 10.3 Å². The maximum atomic E-state index is 14.3. The van der Waals surface area contributed by atoms with Crippen LogP contribution < -0.4 is 15.1 Å². The predicted molar refractivity (Wildman–Crippen MR) is 81.1 cm³/mol. The van der Waals surface area contributed by atoms with E-state index >= 15 is 0 Å². The number of aromatic nitrogens is 1. The van der Waals surface area contributed by atoms with Gasteiger partial charge in [0.25, 0.3) is 0 Å². The average molecular weight is 292 g/mol. The van der Waals surface area contributed by atoms with Crippen molar-refractivity contribution >= 4 is 22.3 Å². The number of fused-ring (bicyclic) bond motifs is 1. The molecule has 4 nitrogen and oxygen atoms in total. The summed E-state index contributed by atoms with van der Waals surface area (Å²) in [6.45, 7) is 3.32. The SMILES string of the molecule is CN(C)c1ncc(N2CCNCC2)c2cc(F)cc(F)c12. The lowest BCUT2D eigenvalue weighted by atomic mass is 10.1. The number of nitrogens with zero attached hydrogens (tertiary/aromatic N) is 3. The molecular weight excluding hydrogens is 274 g/mol. The molecule has 3 rings (SSSR count). The fourth-order valence-electron chi connectivity index (χ4n) is 2.76. The summed E-state index contributed by atoms with van der Waals surface area (Å²) in [7, 11) is 3.60. The zero-order chi connectivity index (χ0) is 15.0. The molecule has 1 fully saturated rings. The first-order valence-electron chi connectivity index (χ1n) is 6.98. The zero-order valence-electron chi connectivity index (χ0n) is 12.2. The van der Waals surface area contributed by atoms with E-state index in [-0.39, 0.29) is 0 Å². The Balaban J connectivity index is 2.24. The molecule has 0 saturated carbocycles. The minimum absolute atomic E-state index is 0.373. The van der Waals surface area contributed by atoms with Gasteiger partial charge in [0.15, 0.2) is 0 Å². The lowest BCUT2D eigenvalue weighted by molar-refractivity contribution is 0.586. The van der Waals surface area contributed by atoms with Gasteiger partial charge in [0.1, 0.15) is 17.5 Å². The van der Waals surface area contributed by atoms with Crippen LogP contribution in [0.4, 0.5) is 20.3 Å². The fraction of sp³-hybridized carbons (Fsp3) is 0.400. The Morgan fingerprint density at radius 2 is 1.90 bits per heavy atom. The van der Waals surface area contributed by atoms with Crippen LogP contribution in [0.1, 0.15) is 0 Å². The maximum Gasteiger partial charge on any atom is 0.139 e. The second-order valence-corrected chi connectivity index (χ2v) is 5.41. The zero-order valence-corrected chi connectivity index (χ0v) is 12.2. The van der Waals surface area contributed by atoms with Gasteiger partial charge in [-0.05, 0) is 6.07 Å². The fourth-order valence-corrected chi connectivity index (χ4v) is 2.76. The molecule has 0 bridgehead atoms. The molecule has 0 amide bonds. The number of hydrogen-bond acceptors (Lipinski definition) is 4. The van der Waals surface area contributed by atoms with Crippen LogP contribution in [0.3, 0.4) is 0 Å². The Labute approximate surface area is 122 Å². The number of benzene rings is 1. The summed E-state index contributed by atoms with van der Waals surface area (Å²) in [5.74, 6) is -0.619. The molecule has 1 saturated heterocycles. The Bertz CT molecular complexity index is 666. The highest BCUT2D eigenvalue weighted by Gasteiger charge is 2.19. The van der Waals surface area contributed by atoms with Crippen molar-refractivity contribution < 1.29 is 8.78 Å². The Morgan fingerprint density at radius 1 is 1.19 bits per heavy atom. The van der Waals surface area contributed by atoms with Crippen LogP contribution in [0.2, 0.25) is 0 Å². The monoisotopic (exact) mass is 292 g/mol. The van der Waals surface area contributed by atoms with Crippen molar-refractivity contribution in [3.05, 3.63) is 30.0 Å². The van der Waals surface area contributed by atoms with Gasteiger partial charge in [-0.25, -0.2) is 13.8 Å². The van der Waals surface area contributed by atoms with E-state index in [0.29, 0.717) is 16.6 Å². The topological polar surface area (TPSA) is 31.4 Å². The third-order valence-corrected chi connectivity index (χ3v) is 3.74. The van der Waals surface area contributed by atoms with E-state index in [9.17, 15) is 8.78 Å². The molecule has 21 heavy (non-hydrogen) atoms. The van der Waals surface area contributed by atoms with Gasteiger partial charge < -0.3 is 15.1 Å². The van der Waals surface area contributed by atoms with Gasteiger partial charge in [-0.3, -0.25) is 0 Å². The summed E-state index contributed by atoms with van der Waals surface area (Å²) < 4.78 is 28.0. The molecule has 112 valence electrons.